The zero-order chi connectivity index (χ0) is 12.4. The fourth-order valence-electron chi connectivity index (χ4n) is 2.52. The number of rotatable bonds is 3. The number of aromatic nitrogens is 1. The highest BCUT2D eigenvalue weighted by Crippen LogP contribution is 2.33. The molecule has 0 bridgehead atoms. The van der Waals surface area contributed by atoms with Crippen molar-refractivity contribution in [3.63, 3.8) is 0 Å². The van der Waals surface area contributed by atoms with Gasteiger partial charge in [0, 0.05) is 18.2 Å². The Bertz CT molecular complexity index is 523. The lowest BCUT2D eigenvalue weighted by Gasteiger charge is -2.27. The van der Waals surface area contributed by atoms with Gasteiger partial charge < -0.3 is 14.6 Å². The molecule has 0 spiro atoms. The highest BCUT2D eigenvalue weighted by Gasteiger charge is 2.23. The number of hydrogen-bond acceptors (Lipinski definition) is 4. The quantitative estimate of drug-likeness (QED) is 0.899. The molecule has 1 aliphatic heterocycles. The summed E-state index contributed by atoms with van der Waals surface area (Å²) < 4.78 is 10.8. The van der Waals surface area contributed by atoms with Crippen LogP contribution in [-0.4, -0.2) is 25.4 Å². The van der Waals surface area contributed by atoms with Crippen LogP contribution in [0.15, 0.2) is 35.1 Å². The molecule has 1 N–H and O–H groups in total. The third-order valence-corrected chi connectivity index (χ3v) is 3.33. The minimum atomic E-state index is 0.130. The van der Waals surface area contributed by atoms with Gasteiger partial charge in [-0.15, -0.1) is 0 Å². The van der Waals surface area contributed by atoms with Crippen molar-refractivity contribution in [3.05, 3.63) is 41.7 Å². The van der Waals surface area contributed by atoms with Crippen LogP contribution < -0.4 is 5.32 Å². The van der Waals surface area contributed by atoms with Gasteiger partial charge in [-0.2, -0.15) is 0 Å². The fourth-order valence-corrected chi connectivity index (χ4v) is 2.52. The first-order valence-electron chi connectivity index (χ1n) is 6.19. The molecule has 0 saturated heterocycles. The summed E-state index contributed by atoms with van der Waals surface area (Å²) in [5.41, 5.74) is 4.65. The van der Waals surface area contributed by atoms with Crippen molar-refractivity contribution in [2.75, 3.05) is 20.2 Å². The van der Waals surface area contributed by atoms with E-state index < -0.39 is 0 Å². The van der Waals surface area contributed by atoms with Crippen LogP contribution in [0.4, 0.5) is 0 Å². The molecule has 1 aliphatic rings. The van der Waals surface area contributed by atoms with Crippen LogP contribution in [0.25, 0.3) is 11.3 Å². The Balaban J connectivity index is 2.06. The van der Waals surface area contributed by atoms with Gasteiger partial charge in [-0.1, -0.05) is 23.4 Å². The summed E-state index contributed by atoms with van der Waals surface area (Å²) >= 11 is 0. The highest BCUT2D eigenvalue weighted by atomic mass is 16.5. The van der Waals surface area contributed by atoms with Gasteiger partial charge in [0.05, 0.1) is 12.7 Å². The topological polar surface area (TPSA) is 47.3 Å². The average molecular weight is 244 g/mol. The molecule has 4 nitrogen and oxygen atoms in total. The van der Waals surface area contributed by atoms with E-state index in [1.54, 1.807) is 6.26 Å². The molecule has 2 heterocycles. The largest absolute Gasteiger partial charge is 0.372 e. The Hall–Kier alpha value is -1.65. The van der Waals surface area contributed by atoms with E-state index in [9.17, 15) is 0 Å². The maximum absolute atomic E-state index is 5.81. The van der Waals surface area contributed by atoms with E-state index in [-0.39, 0.29) is 6.10 Å². The summed E-state index contributed by atoms with van der Waals surface area (Å²) in [6.45, 7) is 1.59. The van der Waals surface area contributed by atoms with Crippen LogP contribution in [0.2, 0.25) is 0 Å². The molecule has 1 atom stereocenters. The second-order valence-corrected chi connectivity index (χ2v) is 4.43. The standard InChI is InChI=1S/C14H16N2O2/c1-15-9-14-12-4-2-3-11(10(12)5-7-17-14)13-6-8-18-16-13/h2-4,6,8,14-15H,5,7,9H2,1H3. The van der Waals surface area contributed by atoms with Crippen molar-refractivity contribution in [2.45, 2.75) is 12.5 Å². The Morgan fingerprint density at radius 1 is 1.39 bits per heavy atom. The lowest BCUT2D eigenvalue weighted by molar-refractivity contribution is 0.0440. The molecule has 2 aromatic rings. The predicted octanol–water partition coefficient (Wildman–Crippen LogP) is 2.17. The molecule has 94 valence electrons. The molecule has 18 heavy (non-hydrogen) atoms. The van der Waals surface area contributed by atoms with Crippen LogP contribution in [0.3, 0.4) is 0 Å². The van der Waals surface area contributed by atoms with Crippen molar-refractivity contribution < 1.29 is 9.26 Å². The van der Waals surface area contributed by atoms with E-state index in [2.05, 4.69) is 28.7 Å². The third kappa shape index (κ3) is 1.94. The van der Waals surface area contributed by atoms with Crippen LogP contribution in [0, 0.1) is 0 Å². The van der Waals surface area contributed by atoms with Gasteiger partial charge in [0.1, 0.15) is 12.0 Å². The van der Waals surface area contributed by atoms with Crippen molar-refractivity contribution in [2.24, 2.45) is 0 Å². The van der Waals surface area contributed by atoms with Crippen molar-refractivity contribution >= 4 is 0 Å². The second kappa shape index (κ2) is 4.92. The van der Waals surface area contributed by atoms with Gasteiger partial charge in [-0.25, -0.2) is 0 Å². The smallest absolute Gasteiger partial charge is 0.124 e. The van der Waals surface area contributed by atoms with Gasteiger partial charge in [0.2, 0.25) is 0 Å². The summed E-state index contributed by atoms with van der Waals surface area (Å²) in [5.74, 6) is 0. The first kappa shape index (κ1) is 11.4. The lowest BCUT2D eigenvalue weighted by atomic mass is 9.91. The predicted molar refractivity (Wildman–Crippen MR) is 68.3 cm³/mol. The monoisotopic (exact) mass is 244 g/mol. The summed E-state index contributed by atoms with van der Waals surface area (Å²) in [6.07, 6.45) is 2.67. The van der Waals surface area contributed by atoms with Crippen LogP contribution in [-0.2, 0) is 11.2 Å². The first-order valence-corrected chi connectivity index (χ1v) is 6.19. The molecular formula is C14H16N2O2. The lowest BCUT2D eigenvalue weighted by Crippen LogP contribution is -2.25. The molecule has 1 aromatic heterocycles. The van der Waals surface area contributed by atoms with Crippen molar-refractivity contribution in [1.29, 1.82) is 0 Å². The maximum Gasteiger partial charge on any atom is 0.124 e. The summed E-state index contributed by atoms with van der Waals surface area (Å²) in [4.78, 5) is 0. The molecule has 3 rings (SSSR count). The average Bonchev–Trinajstić information content (AvgIpc) is 2.93. The Labute approximate surface area is 106 Å². The number of benzene rings is 1. The van der Waals surface area contributed by atoms with Gasteiger partial charge >= 0.3 is 0 Å². The fraction of sp³-hybridized carbons (Fsp3) is 0.357. The molecule has 4 heteroatoms. The van der Waals surface area contributed by atoms with E-state index >= 15 is 0 Å². The van der Waals surface area contributed by atoms with E-state index in [4.69, 9.17) is 9.26 Å². The second-order valence-electron chi connectivity index (χ2n) is 4.43. The molecule has 0 saturated carbocycles. The van der Waals surface area contributed by atoms with Crippen molar-refractivity contribution in [3.8, 4) is 11.3 Å². The molecular weight excluding hydrogens is 228 g/mol. The molecule has 0 amide bonds. The molecule has 0 radical (unpaired) electrons. The van der Waals surface area contributed by atoms with Gasteiger partial charge in [-0.05, 0) is 24.6 Å². The number of fused-ring (bicyclic) bond motifs is 1. The molecule has 0 fully saturated rings. The Morgan fingerprint density at radius 2 is 2.33 bits per heavy atom. The van der Waals surface area contributed by atoms with Crippen molar-refractivity contribution in [1.82, 2.24) is 10.5 Å². The number of nitrogens with zero attached hydrogens (tertiary/aromatic N) is 1. The van der Waals surface area contributed by atoms with Gasteiger partial charge in [0.25, 0.3) is 0 Å². The van der Waals surface area contributed by atoms with Gasteiger partial charge in [-0.3, -0.25) is 0 Å². The minimum absolute atomic E-state index is 0.130. The summed E-state index contributed by atoms with van der Waals surface area (Å²) in [6, 6.07) is 8.19. The van der Waals surface area contributed by atoms with Crippen LogP contribution in [0.5, 0.6) is 0 Å². The summed E-state index contributed by atoms with van der Waals surface area (Å²) in [5, 5.41) is 7.21. The van der Waals surface area contributed by atoms with E-state index in [1.807, 2.05) is 13.1 Å². The van der Waals surface area contributed by atoms with Crippen LogP contribution in [0.1, 0.15) is 17.2 Å². The number of hydrogen-bond donors (Lipinski definition) is 1. The normalized spacial score (nSPS) is 18.6. The van der Waals surface area contributed by atoms with Gasteiger partial charge in [0.15, 0.2) is 0 Å². The third-order valence-electron chi connectivity index (χ3n) is 3.33. The van der Waals surface area contributed by atoms with E-state index in [0.717, 1.165) is 30.8 Å². The minimum Gasteiger partial charge on any atom is -0.372 e. The maximum atomic E-state index is 5.81. The molecule has 0 aliphatic carbocycles. The molecule has 1 aromatic carbocycles. The Kier molecular flexibility index (Phi) is 3.13. The van der Waals surface area contributed by atoms with E-state index in [1.165, 1.54) is 11.1 Å². The number of nitrogens with one attached hydrogen (secondary N) is 1. The highest BCUT2D eigenvalue weighted by molar-refractivity contribution is 5.65. The zero-order valence-electron chi connectivity index (χ0n) is 10.3. The Morgan fingerprint density at radius 3 is 3.11 bits per heavy atom. The first-order chi connectivity index (χ1) is 8.90. The molecule has 1 unspecified atom stereocenters. The van der Waals surface area contributed by atoms with E-state index in [0.29, 0.717) is 0 Å². The zero-order valence-corrected chi connectivity index (χ0v) is 10.3. The SMILES string of the molecule is CNCC1OCCc2c(-c3ccon3)cccc21. The summed E-state index contributed by atoms with van der Waals surface area (Å²) in [7, 11) is 1.94. The number of likely N-dealkylation sites (N-methyl/N-ethyl adjacent to an activating group) is 1. The number of ether oxygens (including phenoxy) is 1. The van der Waals surface area contributed by atoms with Crippen LogP contribution >= 0.6 is 0 Å².